The summed E-state index contributed by atoms with van der Waals surface area (Å²) in [5.74, 6) is 2.60. The second kappa shape index (κ2) is 8.20. The van der Waals surface area contributed by atoms with Gasteiger partial charge in [-0.15, -0.1) is 11.6 Å². The number of nitrogens with zero attached hydrogens (tertiary/aromatic N) is 2. The first kappa shape index (κ1) is 16.0. The molecular weight excluding hydrogens is 262 g/mol. The maximum absolute atomic E-state index is 6.40. The van der Waals surface area contributed by atoms with E-state index in [9.17, 15) is 0 Å². The van der Waals surface area contributed by atoms with Crippen molar-refractivity contribution in [1.29, 1.82) is 0 Å². The summed E-state index contributed by atoms with van der Waals surface area (Å²) < 4.78 is 5.40. The van der Waals surface area contributed by atoms with Crippen LogP contribution in [0.4, 0.5) is 5.82 Å². The van der Waals surface area contributed by atoms with Gasteiger partial charge in [-0.3, -0.25) is 0 Å². The van der Waals surface area contributed by atoms with Gasteiger partial charge in [0.25, 0.3) is 0 Å². The van der Waals surface area contributed by atoms with Crippen LogP contribution in [-0.4, -0.2) is 28.5 Å². The molecule has 108 valence electrons. The molecule has 1 unspecified atom stereocenters. The van der Waals surface area contributed by atoms with Crippen molar-refractivity contribution < 1.29 is 4.74 Å². The number of alkyl halides is 1. The van der Waals surface area contributed by atoms with E-state index in [4.69, 9.17) is 16.3 Å². The minimum Gasteiger partial charge on any atom is -0.478 e. The maximum atomic E-state index is 6.40. The SMILES string of the molecule is CCOc1cc(NCC(Cl)C(CC)CC)nc(C)n1. The van der Waals surface area contributed by atoms with Gasteiger partial charge in [0.15, 0.2) is 0 Å². The lowest BCUT2D eigenvalue weighted by atomic mass is 9.99. The molecule has 0 saturated carbocycles. The zero-order valence-corrected chi connectivity index (χ0v) is 13.0. The van der Waals surface area contributed by atoms with Crippen molar-refractivity contribution in [3.8, 4) is 5.88 Å². The Morgan fingerprint density at radius 2 is 1.95 bits per heavy atom. The maximum Gasteiger partial charge on any atom is 0.218 e. The van der Waals surface area contributed by atoms with Gasteiger partial charge < -0.3 is 10.1 Å². The van der Waals surface area contributed by atoms with Gasteiger partial charge in [-0.2, -0.15) is 4.98 Å². The average Bonchev–Trinajstić information content (AvgIpc) is 2.37. The number of hydrogen-bond donors (Lipinski definition) is 1. The highest BCUT2D eigenvalue weighted by molar-refractivity contribution is 6.21. The van der Waals surface area contributed by atoms with E-state index < -0.39 is 0 Å². The first-order valence-electron chi connectivity index (χ1n) is 6.97. The third-order valence-corrected chi connectivity index (χ3v) is 3.66. The Hall–Kier alpha value is -1.03. The van der Waals surface area contributed by atoms with Crippen LogP contribution in [0.15, 0.2) is 6.07 Å². The van der Waals surface area contributed by atoms with Crippen molar-refractivity contribution in [3.05, 3.63) is 11.9 Å². The highest BCUT2D eigenvalue weighted by atomic mass is 35.5. The van der Waals surface area contributed by atoms with Crippen LogP contribution in [-0.2, 0) is 0 Å². The summed E-state index contributed by atoms with van der Waals surface area (Å²) in [7, 11) is 0. The first-order valence-corrected chi connectivity index (χ1v) is 7.40. The molecule has 1 rings (SSSR count). The van der Waals surface area contributed by atoms with E-state index in [2.05, 4.69) is 29.1 Å². The minimum absolute atomic E-state index is 0.112. The molecule has 0 spiro atoms. The van der Waals surface area contributed by atoms with Crippen LogP contribution in [0.2, 0.25) is 0 Å². The number of aryl methyl sites for hydroxylation is 1. The third kappa shape index (κ3) is 5.23. The molecule has 0 aliphatic heterocycles. The standard InChI is InChI=1S/C14H24ClN3O/c1-5-11(6-2)12(15)9-16-13-8-14(19-7-3)18-10(4)17-13/h8,11-12H,5-7,9H2,1-4H3,(H,16,17,18). The third-order valence-electron chi connectivity index (χ3n) is 3.15. The zero-order chi connectivity index (χ0) is 14.3. The average molecular weight is 286 g/mol. The van der Waals surface area contributed by atoms with E-state index in [1.165, 1.54) is 0 Å². The predicted octanol–water partition coefficient (Wildman–Crippen LogP) is 3.64. The fourth-order valence-corrected chi connectivity index (χ4v) is 2.46. The minimum atomic E-state index is 0.112. The summed E-state index contributed by atoms with van der Waals surface area (Å²) in [6.45, 7) is 9.44. The highest BCUT2D eigenvalue weighted by Gasteiger charge is 2.15. The lowest BCUT2D eigenvalue weighted by Crippen LogP contribution is -2.23. The Bertz CT molecular complexity index is 383. The number of nitrogens with one attached hydrogen (secondary N) is 1. The second-order valence-electron chi connectivity index (χ2n) is 4.55. The number of ether oxygens (including phenoxy) is 1. The summed E-state index contributed by atoms with van der Waals surface area (Å²) in [4.78, 5) is 8.55. The lowest BCUT2D eigenvalue weighted by molar-refractivity contribution is 0.325. The smallest absolute Gasteiger partial charge is 0.218 e. The van der Waals surface area contributed by atoms with Crippen LogP contribution in [0.3, 0.4) is 0 Å². The van der Waals surface area contributed by atoms with Crippen LogP contribution < -0.4 is 10.1 Å². The molecular formula is C14H24ClN3O. The Morgan fingerprint density at radius 3 is 2.53 bits per heavy atom. The molecule has 1 aromatic heterocycles. The van der Waals surface area contributed by atoms with Crippen LogP contribution >= 0.6 is 11.6 Å². The molecule has 0 amide bonds. The first-order chi connectivity index (χ1) is 9.10. The lowest BCUT2D eigenvalue weighted by Gasteiger charge is -2.20. The van der Waals surface area contributed by atoms with Gasteiger partial charge in [0.2, 0.25) is 5.88 Å². The van der Waals surface area contributed by atoms with Crippen LogP contribution in [0.25, 0.3) is 0 Å². The summed E-state index contributed by atoms with van der Waals surface area (Å²) in [5, 5.41) is 3.38. The molecule has 0 aliphatic rings. The van der Waals surface area contributed by atoms with Gasteiger partial charge in [0, 0.05) is 12.6 Å². The molecule has 1 atom stereocenters. The Labute approximate surface area is 120 Å². The number of halogens is 1. The van der Waals surface area contributed by atoms with Gasteiger partial charge in [-0.05, 0) is 19.8 Å². The van der Waals surface area contributed by atoms with Crippen LogP contribution in [0.5, 0.6) is 5.88 Å². The Kier molecular flexibility index (Phi) is 6.92. The molecule has 0 fully saturated rings. The van der Waals surface area contributed by atoms with Crippen molar-refractivity contribution in [2.75, 3.05) is 18.5 Å². The molecule has 0 aromatic carbocycles. The number of aromatic nitrogens is 2. The molecule has 0 bridgehead atoms. The van der Waals surface area contributed by atoms with E-state index in [-0.39, 0.29) is 5.38 Å². The second-order valence-corrected chi connectivity index (χ2v) is 5.11. The molecule has 0 aliphatic carbocycles. The summed E-state index contributed by atoms with van der Waals surface area (Å²) >= 11 is 6.40. The molecule has 5 heteroatoms. The molecule has 19 heavy (non-hydrogen) atoms. The molecule has 0 radical (unpaired) electrons. The zero-order valence-electron chi connectivity index (χ0n) is 12.2. The Balaban J connectivity index is 2.61. The van der Waals surface area contributed by atoms with Crippen molar-refractivity contribution in [1.82, 2.24) is 9.97 Å². The molecule has 1 N–H and O–H groups in total. The van der Waals surface area contributed by atoms with Gasteiger partial charge >= 0.3 is 0 Å². The van der Waals surface area contributed by atoms with Gasteiger partial charge in [-0.1, -0.05) is 26.7 Å². The van der Waals surface area contributed by atoms with Crippen molar-refractivity contribution in [3.63, 3.8) is 0 Å². The largest absolute Gasteiger partial charge is 0.478 e. The Morgan fingerprint density at radius 1 is 1.26 bits per heavy atom. The van der Waals surface area contributed by atoms with E-state index in [0.29, 0.717) is 30.8 Å². The van der Waals surface area contributed by atoms with Crippen LogP contribution in [0, 0.1) is 12.8 Å². The van der Waals surface area contributed by atoms with Crippen molar-refractivity contribution in [2.24, 2.45) is 5.92 Å². The monoisotopic (exact) mass is 285 g/mol. The molecule has 0 saturated heterocycles. The number of anilines is 1. The highest BCUT2D eigenvalue weighted by Crippen LogP contribution is 2.20. The van der Waals surface area contributed by atoms with Gasteiger partial charge in [0.1, 0.15) is 11.6 Å². The van der Waals surface area contributed by atoms with Crippen molar-refractivity contribution >= 4 is 17.4 Å². The fourth-order valence-electron chi connectivity index (χ4n) is 2.02. The number of hydrogen-bond acceptors (Lipinski definition) is 4. The number of rotatable bonds is 8. The summed E-state index contributed by atoms with van der Waals surface area (Å²) in [6, 6.07) is 1.81. The van der Waals surface area contributed by atoms with E-state index in [1.807, 2.05) is 19.9 Å². The summed E-state index contributed by atoms with van der Waals surface area (Å²) in [6.07, 6.45) is 2.19. The topological polar surface area (TPSA) is 47.0 Å². The van der Waals surface area contributed by atoms with Gasteiger partial charge in [-0.25, -0.2) is 4.98 Å². The van der Waals surface area contributed by atoms with Gasteiger partial charge in [0.05, 0.1) is 12.0 Å². The predicted molar refractivity (Wildman–Crippen MR) is 80.1 cm³/mol. The van der Waals surface area contributed by atoms with Crippen molar-refractivity contribution in [2.45, 2.75) is 45.9 Å². The quantitative estimate of drug-likeness (QED) is 0.741. The van der Waals surface area contributed by atoms with E-state index in [0.717, 1.165) is 18.7 Å². The summed E-state index contributed by atoms with van der Waals surface area (Å²) in [5.41, 5.74) is 0. The normalized spacial score (nSPS) is 12.5. The molecule has 4 nitrogen and oxygen atoms in total. The fraction of sp³-hybridized carbons (Fsp3) is 0.714. The molecule has 1 aromatic rings. The van der Waals surface area contributed by atoms with E-state index >= 15 is 0 Å². The van der Waals surface area contributed by atoms with E-state index in [1.54, 1.807) is 0 Å². The van der Waals surface area contributed by atoms with Crippen LogP contribution in [0.1, 0.15) is 39.4 Å². The molecule has 1 heterocycles.